The van der Waals surface area contributed by atoms with Crippen LogP contribution in [0, 0.1) is 6.08 Å². The highest BCUT2D eigenvalue weighted by molar-refractivity contribution is 6.28. The summed E-state index contributed by atoms with van der Waals surface area (Å²) in [5.74, 6) is 0. The smallest absolute Gasteiger partial charge is 0.0185 e. The van der Waals surface area contributed by atoms with E-state index in [1.165, 1.54) is 0 Å². The molecule has 0 aromatic rings. The predicted octanol–water partition coefficient (Wildman–Crippen LogP) is 2.34. The van der Waals surface area contributed by atoms with Gasteiger partial charge in [0.25, 0.3) is 0 Å². The first kappa shape index (κ1) is 6.03. The quantitative estimate of drug-likeness (QED) is 0.478. The van der Waals surface area contributed by atoms with Crippen LogP contribution in [0.25, 0.3) is 0 Å². The fourth-order valence-corrected chi connectivity index (χ4v) is 0.377. The Labute approximate surface area is 43.8 Å². The topological polar surface area (TPSA) is 0 Å². The highest BCUT2D eigenvalue weighted by atomic mass is 35.5. The molecule has 0 aromatic carbocycles. The Morgan fingerprint density at radius 2 is 2.33 bits per heavy atom. The van der Waals surface area contributed by atoms with E-state index in [4.69, 9.17) is 11.6 Å². The monoisotopic (exact) mass is 103 g/mol. The Bertz CT molecular complexity index is 51.0. The Morgan fingerprint density at radius 1 is 1.83 bits per heavy atom. The fourth-order valence-electron chi connectivity index (χ4n) is 0.244. The van der Waals surface area contributed by atoms with E-state index in [-0.39, 0.29) is 0 Å². The van der Waals surface area contributed by atoms with E-state index in [1.807, 2.05) is 13.8 Å². The standard InChI is InChI=1S/C5H8Cl/c1-3-4-5(2)6/h3H2,1-2H3. The van der Waals surface area contributed by atoms with Crippen molar-refractivity contribution in [3.05, 3.63) is 11.1 Å². The number of allylic oxidation sites excluding steroid dienone is 2. The van der Waals surface area contributed by atoms with Crippen molar-refractivity contribution in [1.29, 1.82) is 0 Å². The van der Waals surface area contributed by atoms with Crippen molar-refractivity contribution in [2.45, 2.75) is 20.3 Å². The van der Waals surface area contributed by atoms with Gasteiger partial charge in [0.1, 0.15) is 0 Å². The van der Waals surface area contributed by atoms with Crippen molar-refractivity contribution in [3.8, 4) is 0 Å². The molecule has 0 atom stereocenters. The average Bonchev–Trinajstić information content (AvgIpc) is 1.35. The summed E-state index contributed by atoms with van der Waals surface area (Å²) in [5.41, 5.74) is 0. The zero-order valence-electron chi connectivity index (χ0n) is 4.09. The predicted molar refractivity (Wildman–Crippen MR) is 28.6 cm³/mol. The summed E-state index contributed by atoms with van der Waals surface area (Å²) in [6.45, 7) is 3.83. The van der Waals surface area contributed by atoms with Crippen LogP contribution in [0.5, 0.6) is 0 Å². The van der Waals surface area contributed by atoms with Gasteiger partial charge >= 0.3 is 0 Å². The van der Waals surface area contributed by atoms with Crippen LogP contribution in [0.15, 0.2) is 5.03 Å². The molecule has 0 bridgehead atoms. The lowest BCUT2D eigenvalue weighted by atomic mass is 10.4. The van der Waals surface area contributed by atoms with Gasteiger partial charge < -0.3 is 0 Å². The molecule has 35 valence electrons. The van der Waals surface area contributed by atoms with E-state index in [0.717, 1.165) is 11.5 Å². The molecule has 0 N–H and O–H groups in total. The van der Waals surface area contributed by atoms with Crippen LogP contribution >= 0.6 is 11.6 Å². The molecule has 0 aromatic heterocycles. The van der Waals surface area contributed by atoms with Gasteiger partial charge in [-0.25, -0.2) is 0 Å². The molecule has 0 spiro atoms. The molecule has 0 saturated carbocycles. The molecule has 0 aliphatic carbocycles. The van der Waals surface area contributed by atoms with Gasteiger partial charge in [-0.2, -0.15) is 0 Å². The minimum atomic E-state index is 0.762. The number of hydrogen-bond acceptors (Lipinski definition) is 0. The van der Waals surface area contributed by atoms with Crippen molar-refractivity contribution in [2.24, 2.45) is 0 Å². The Hall–Kier alpha value is 0.0300. The molecule has 0 unspecified atom stereocenters. The molecule has 0 saturated heterocycles. The van der Waals surface area contributed by atoms with Crippen LogP contribution in [0.3, 0.4) is 0 Å². The molecule has 1 radical (unpaired) electrons. The van der Waals surface area contributed by atoms with Crippen LogP contribution in [0.4, 0.5) is 0 Å². The molecule has 0 aliphatic rings. The molecular weight excluding hydrogens is 95.5 g/mol. The lowest BCUT2D eigenvalue weighted by Gasteiger charge is -1.75. The van der Waals surface area contributed by atoms with Crippen molar-refractivity contribution in [1.82, 2.24) is 0 Å². The van der Waals surface area contributed by atoms with Gasteiger partial charge in [0, 0.05) is 5.03 Å². The van der Waals surface area contributed by atoms with Crippen LogP contribution in [-0.4, -0.2) is 0 Å². The summed E-state index contributed by atoms with van der Waals surface area (Å²) in [5, 5.41) is 0.762. The van der Waals surface area contributed by atoms with E-state index in [1.54, 1.807) is 0 Å². The van der Waals surface area contributed by atoms with E-state index in [9.17, 15) is 0 Å². The molecule has 0 nitrogen and oxygen atoms in total. The largest absolute Gasteiger partial charge is 0.0892 e. The third kappa shape index (κ3) is 4.03. The third-order valence-electron chi connectivity index (χ3n) is 0.420. The van der Waals surface area contributed by atoms with Crippen LogP contribution < -0.4 is 0 Å². The maximum atomic E-state index is 5.38. The number of halogens is 1. The molecule has 0 aliphatic heterocycles. The average molecular weight is 104 g/mol. The van der Waals surface area contributed by atoms with Gasteiger partial charge in [0.15, 0.2) is 0 Å². The first-order valence-electron chi connectivity index (χ1n) is 2.00. The summed E-state index contributed by atoms with van der Waals surface area (Å²) in [4.78, 5) is 0. The first-order valence-corrected chi connectivity index (χ1v) is 2.38. The second kappa shape index (κ2) is 3.23. The minimum absolute atomic E-state index is 0.762. The Morgan fingerprint density at radius 3 is 2.33 bits per heavy atom. The third-order valence-corrected chi connectivity index (χ3v) is 0.554. The molecular formula is C5H8Cl. The second-order valence-electron chi connectivity index (χ2n) is 1.06. The zero-order chi connectivity index (χ0) is 4.99. The van der Waals surface area contributed by atoms with Gasteiger partial charge in [-0.15, -0.1) is 0 Å². The Kier molecular flexibility index (Phi) is 3.24. The molecule has 0 amide bonds. The van der Waals surface area contributed by atoms with Crippen molar-refractivity contribution >= 4 is 11.6 Å². The lowest BCUT2D eigenvalue weighted by molar-refractivity contribution is 1.17. The maximum absolute atomic E-state index is 5.38. The van der Waals surface area contributed by atoms with Crippen molar-refractivity contribution in [3.63, 3.8) is 0 Å². The second-order valence-corrected chi connectivity index (χ2v) is 1.63. The van der Waals surface area contributed by atoms with E-state index in [0.29, 0.717) is 0 Å². The summed E-state index contributed by atoms with van der Waals surface area (Å²) in [6, 6.07) is 0. The summed E-state index contributed by atoms with van der Waals surface area (Å²) in [7, 11) is 0. The van der Waals surface area contributed by atoms with E-state index in [2.05, 4.69) is 6.08 Å². The highest BCUT2D eigenvalue weighted by Crippen LogP contribution is 1.96. The van der Waals surface area contributed by atoms with Gasteiger partial charge in [0.2, 0.25) is 0 Å². The van der Waals surface area contributed by atoms with Crippen LogP contribution in [0.1, 0.15) is 20.3 Å². The number of hydrogen-bond donors (Lipinski definition) is 0. The maximum Gasteiger partial charge on any atom is 0.0185 e. The molecule has 6 heavy (non-hydrogen) atoms. The zero-order valence-corrected chi connectivity index (χ0v) is 4.84. The van der Waals surface area contributed by atoms with Crippen molar-refractivity contribution in [2.75, 3.05) is 0 Å². The molecule has 1 heteroatoms. The summed E-state index contributed by atoms with van der Waals surface area (Å²) < 4.78 is 0. The molecule has 0 heterocycles. The summed E-state index contributed by atoms with van der Waals surface area (Å²) >= 11 is 5.38. The van der Waals surface area contributed by atoms with Gasteiger partial charge in [0.05, 0.1) is 0 Å². The molecule has 0 rings (SSSR count). The van der Waals surface area contributed by atoms with Crippen LogP contribution in [0.2, 0.25) is 0 Å². The SMILES string of the molecule is CC/[C]=C(/C)Cl. The first-order chi connectivity index (χ1) is 2.77. The van der Waals surface area contributed by atoms with E-state index >= 15 is 0 Å². The van der Waals surface area contributed by atoms with E-state index < -0.39 is 0 Å². The normalized spacial score (nSPS) is 12.2. The lowest BCUT2D eigenvalue weighted by Crippen LogP contribution is -1.56. The highest BCUT2D eigenvalue weighted by Gasteiger charge is 1.71. The van der Waals surface area contributed by atoms with Crippen molar-refractivity contribution < 1.29 is 0 Å². The van der Waals surface area contributed by atoms with Crippen LogP contribution in [-0.2, 0) is 0 Å². The van der Waals surface area contributed by atoms with Gasteiger partial charge in [-0.1, -0.05) is 18.5 Å². The van der Waals surface area contributed by atoms with Gasteiger partial charge in [-0.05, 0) is 19.4 Å². The molecule has 0 fully saturated rings. The fraction of sp³-hybridized carbons (Fsp3) is 0.600. The summed E-state index contributed by atoms with van der Waals surface area (Å²) in [6.07, 6.45) is 3.80. The van der Waals surface area contributed by atoms with Gasteiger partial charge in [-0.3, -0.25) is 0 Å². The minimum Gasteiger partial charge on any atom is -0.0892 e. The number of rotatable bonds is 1. The Balaban J connectivity index is 3.14.